The Balaban J connectivity index is 1.46. The molecule has 2 aromatic rings. The fourth-order valence-corrected chi connectivity index (χ4v) is 6.39. The van der Waals surface area contributed by atoms with Gasteiger partial charge < -0.3 is 10.2 Å². The van der Waals surface area contributed by atoms with Crippen LogP contribution < -0.4 is 0 Å². The van der Waals surface area contributed by atoms with Crippen molar-refractivity contribution >= 4 is 6.08 Å². The molecule has 2 N–H and O–H groups in total. The Kier molecular flexibility index (Phi) is 4.16. The average Bonchev–Trinajstić information content (AvgIpc) is 3.25. The lowest BCUT2D eigenvalue weighted by molar-refractivity contribution is -0.0158. The lowest BCUT2D eigenvalue weighted by atomic mass is 9.55. The van der Waals surface area contributed by atoms with E-state index in [2.05, 4.69) is 31.1 Å². The maximum Gasteiger partial charge on any atom is 0.115 e. The molecule has 0 unspecified atom stereocenters. The van der Waals surface area contributed by atoms with Gasteiger partial charge in [-0.25, -0.2) is 0 Å². The predicted octanol–water partition coefficient (Wildman–Crippen LogP) is 4.52. The highest BCUT2D eigenvalue weighted by molar-refractivity contribution is 5.52. The Morgan fingerprint density at radius 1 is 1.29 bits per heavy atom. The van der Waals surface area contributed by atoms with Gasteiger partial charge in [-0.3, -0.25) is 4.68 Å². The fourth-order valence-electron chi connectivity index (χ4n) is 6.39. The summed E-state index contributed by atoms with van der Waals surface area (Å²) in [5.41, 5.74) is 4.84. The van der Waals surface area contributed by atoms with Crippen molar-refractivity contribution in [1.29, 1.82) is 0 Å². The Bertz CT molecular complexity index is 930. The zero-order valence-corrected chi connectivity index (χ0v) is 16.8. The van der Waals surface area contributed by atoms with Crippen molar-refractivity contribution in [3.05, 3.63) is 52.9 Å². The second-order valence-electron chi connectivity index (χ2n) is 9.27. The number of hydrogen-bond donors (Lipinski definition) is 2. The Labute approximate surface area is 166 Å². The summed E-state index contributed by atoms with van der Waals surface area (Å²) in [5, 5.41) is 25.7. The highest BCUT2D eigenvalue weighted by Crippen LogP contribution is 2.62. The highest BCUT2D eigenvalue weighted by Gasteiger charge is 2.56. The average molecular weight is 379 g/mol. The first-order chi connectivity index (χ1) is 13.5. The van der Waals surface area contributed by atoms with Gasteiger partial charge in [0.25, 0.3) is 0 Å². The van der Waals surface area contributed by atoms with Crippen LogP contribution in [0.1, 0.15) is 62.3 Å². The van der Waals surface area contributed by atoms with Gasteiger partial charge in [-0.2, -0.15) is 5.10 Å². The van der Waals surface area contributed by atoms with Crippen LogP contribution in [-0.4, -0.2) is 26.1 Å². The van der Waals surface area contributed by atoms with Crippen molar-refractivity contribution in [3.63, 3.8) is 0 Å². The zero-order valence-electron chi connectivity index (χ0n) is 16.8. The van der Waals surface area contributed by atoms with Crippen LogP contribution in [0.5, 0.6) is 5.75 Å². The van der Waals surface area contributed by atoms with Crippen LogP contribution in [0.25, 0.3) is 6.08 Å². The predicted molar refractivity (Wildman–Crippen MR) is 110 cm³/mol. The molecule has 4 heteroatoms. The van der Waals surface area contributed by atoms with Crippen LogP contribution in [0.4, 0.5) is 0 Å². The molecule has 28 heavy (non-hydrogen) atoms. The van der Waals surface area contributed by atoms with E-state index in [1.54, 1.807) is 0 Å². The van der Waals surface area contributed by atoms with E-state index >= 15 is 0 Å². The van der Waals surface area contributed by atoms with E-state index in [0.717, 1.165) is 49.9 Å². The minimum absolute atomic E-state index is 0.0330. The third-order valence-electron chi connectivity index (χ3n) is 7.90. The number of phenolic OH excluding ortho intramolecular Hbond substituents is 1. The standard InChI is InChI=1S/C24H30N2O2/c1-3-26-11-9-17(25-26)12-16-14-22-21-6-4-15-13-18(27)5-7-19(15)20(21)8-10-24(22,2)23(16)28/h5,7,9,11-13,20-23,27-28H,3-4,6,8,10,14H2,1-2H3/b16-12+/t20-,21+,22+,23+,24-/m0/s1. The number of fused-ring (bicyclic) bond motifs is 5. The first-order valence-electron chi connectivity index (χ1n) is 10.7. The number of aromatic hydroxyl groups is 1. The van der Waals surface area contributed by atoms with Gasteiger partial charge in [0.2, 0.25) is 0 Å². The molecule has 2 fully saturated rings. The Morgan fingerprint density at radius 3 is 2.93 bits per heavy atom. The van der Waals surface area contributed by atoms with Gasteiger partial charge in [0.1, 0.15) is 5.75 Å². The monoisotopic (exact) mass is 378 g/mol. The molecule has 2 saturated carbocycles. The molecule has 0 bridgehead atoms. The molecule has 148 valence electrons. The summed E-state index contributed by atoms with van der Waals surface area (Å²) in [6, 6.07) is 7.98. The van der Waals surface area contributed by atoms with Gasteiger partial charge in [0.15, 0.2) is 0 Å². The lowest BCUT2D eigenvalue weighted by Gasteiger charge is -2.49. The molecule has 0 amide bonds. The number of rotatable bonds is 2. The first kappa shape index (κ1) is 18.0. The van der Waals surface area contributed by atoms with E-state index in [9.17, 15) is 10.2 Å². The maximum atomic E-state index is 11.3. The largest absolute Gasteiger partial charge is 0.508 e. The normalized spacial score (nSPS) is 35.5. The van der Waals surface area contributed by atoms with E-state index < -0.39 is 0 Å². The summed E-state index contributed by atoms with van der Waals surface area (Å²) in [4.78, 5) is 0. The molecular formula is C24H30N2O2. The molecule has 3 aliphatic carbocycles. The van der Waals surface area contributed by atoms with Crippen molar-refractivity contribution in [1.82, 2.24) is 9.78 Å². The first-order valence-corrected chi connectivity index (χ1v) is 10.7. The molecule has 5 rings (SSSR count). The van der Waals surface area contributed by atoms with Gasteiger partial charge in [0.05, 0.1) is 11.8 Å². The third-order valence-corrected chi connectivity index (χ3v) is 7.90. The van der Waals surface area contributed by atoms with Crippen molar-refractivity contribution in [2.45, 2.75) is 64.5 Å². The summed E-state index contributed by atoms with van der Waals surface area (Å²) < 4.78 is 1.94. The molecular weight excluding hydrogens is 348 g/mol. The van der Waals surface area contributed by atoms with Crippen molar-refractivity contribution in [2.75, 3.05) is 0 Å². The minimum atomic E-state index is -0.369. The van der Waals surface area contributed by atoms with E-state index in [0.29, 0.717) is 23.5 Å². The number of hydrogen-bond acceptors (Lipinski definition) is 3. The highest BCUT2D eigenvalue weighted by atomic mass is 16.3. The third kappa shape index (κ3) is 2.65. The molecule has 1 aromatic heterocycles. The summed E-state index contributed by atoms with van der Waals surface area (Å²) in [5.74, 6) is 2.08. The van der Waals surface area contributed by atoms with Crippen molar-refractivity contribution in [2.24, 2.45) is 17.3 Å². The smallest absolute Gasteiger partial charge is 0.115 e. The summed E-state index contributed by atoms with van der Waals surface area (Å²) in [6.45, 7) is 5.26. The quantitative estimate of drug-likeness (QED) is 0.808. The molecule has 3 aliphatic rings. The summed E-state index contributed by atoms with van der Waals surface area (Å²) in [7, 11) is 0. The van der Waals surface area contributed by atoms with Crippen molar-refractivity contribution in [3.8, 4) is 5.75 Å². The van der Waals surface area contributed by atoms with Crippen LogP contribution in [0.15, 0.2) is 36.0 Å². The minimum Gasteiger partial charge on any atom is -0.508 e. The second kappa shape index (κ2) is 6.48. The van der Waals surface area contributed by atoms with Crippen LogP contribution in [0.2, 0.25) is 0 Å². The number of nitrogens with zero attached hydrogens (tertiary/aromatic N) is 2. The topological polar surface area (TPSA) is 58.3 Å². The Hall–Kier alpha value is -2.07. The van der Waals surface area contributed by atoms with Gasteiger partial charge in [-0.05, 0) is 97.8 Å². The number of aliphatic hydroxyl groups excluding tert-OH is 1. The number of benzene rings is 1. The van der Waals surface area contributed by atoms with Gasteiger partial charge in [0, 0.05) is 18.2 Å². The maximum absolute atomic E-state index is 11.3. The number of aliphatic hydroxyl groups is 1. The van der Waals surface area contributed by atoms with E-state index in [-0.39, 0.29) is 11.5 Å². The van der Waals surface area contributed by atoms with Crippen LogP contribution in [-0.2, 0) is 13.0 Å². The molecule has 1 heterocycles. The molecule has 0 radical (unpaired) electrons. The van der Waals surface area contributed by atoms with E-state index in [4.69, 9.17) is 0 Å². The lowest BCUT2D eigenvalue weighted by Crippen LogP contribution is -2.44. The SMILES string of the molecule is CCn1ccc(/C=C2\C[C@@H]3[C@@H]4CCc5cc(O)ccc5[C@@H]4CC[C@]3(C)[C@@H]2O)n1. The van der Waals surface area contributed by atoms with Crippen LogP contribution in [0.3, 0.4) is 0 Å². The molecule has 0 spiro atoms. The second-order valence-corrected chi connectivity index (χ2v) is 9.27. The Morgan fingerprint density at radius 2 is 2.14 bits per heavy atom. The molecule has 1 aromatic carbocycles. The van der Waals surface area contributed by atoms with E-state index in [1.807, 2.05) is 29.1 Å². The number of phenols is 1. The molecule has 5 atom stereocenters. The van der Waals surface area contributed by atoms with Gasteiger partial charge in [-0.1, -0.05) is 13.0 Å². The fraction of sp³-hybridized carbons (Fsp3) is 0.542. The number of aryl methyl sites for hydroxylation is 2. The zero-order chi connectivity index (χ0) is 19.5. The van der Waals surface area contributed by atoms with Gasteiger partial charge >= 0.3 is 0 Å². The van der Waals surface area contributed by atoms with E-state index in [1.165, 1.54) is 11.1 Å². The molecule has 4 nitrogen and oxygen atoms in total. The van der Waals surface area contributed by atoms with Crippen LogP contribution >= 0.6 is 0 Å². The van der Waals surface area contributed by atoms with Gasteiger partial charge in [-0.15, -0.1) is 0 Å². The number of aromatic nitrogens is 2. The molecule has 0 aliphatic heterocycles. The summed E-state index contributed by atoms with van der Waals surface area (Å²) >= 11 is 0. The summed E-state index contributed by atoms with van der Waals surface area (Å²) in [6.07, 6.45) is 9.12. The van der Waals surface area contributed by atoms with Crippen LogP contribution in [0, 0.1) is 17.3 Å². The van der Waals surface area contributed by atoms with Crippen molar-refractivity contribution < 1.29 is 10.2 Å². The molecule has 0 saturated heterocycles.